The van der Waals surface area contributed by atoms with Crippen LogP contribution in [0.4, 0.5) is 16.3 Å². The number of amides is 2. The Morgan fingerprint density at radius 2 is 1.43 bits per heavy atom. The van der Waals surface area contributed by atoms with Gasteiger partial charge in [-0.05, 0) is 35.4 Å². The summed E-state index contributed by atoms with van der Waals surface area (Å²) in [5, 5.41) is 16.1. The molecular formula is C29H22N4O2. The van der Waals surface area contributed by atoms with Crippen LogP contribution in [-0.4, -0.2) is 10.6 Å². The van der Waals surface area contributed by atoms with Gasteiger partial charge in [0, 0.05) is 11.3 Å². The highest BCUT2D eigenvalue weighted by Crippen LogP contribution is 2.42. The summed E-state index contributed by atoms with van der Waals surface area (Å²) in [5.74, 6) is 1.10. The fourth-order valence-corrected chi connectivity index (χ4v) is 4.15. The fourth-order valence-electron chi connectivity index (χ4n) is 4.15. The molecule has 0 fully saturated rings. The molecule has 2 N–H and O–H groups in total. The van der Waals surface area contributed by atoms with E-state index in [1.165, 1.54) is 0 Å². The van der Waals surface area contributed by atoms with E-state index in [-0.39, 0.29) is 0 Å². The van der Waals surface area contributed by atoms with Crippen LogP contribution >= 0.6 is 0 Å². The lowest BCUT2D eigenvalue weighted by Gasteiger charge is -2.15. The van der Waals surface area contributed by atoms with Gasteiger partial charge in [-0.1, -0.05) is 78.9 Å². The summed E-state index contributed by atoms with van der Waals surface area (Å²) < 4.78 is 7.57. The molecule has 35 heavy (non-hydrogen) atoms. The van der Waals surface area contributed by atoms with E-state index < -0.39 is 6.03 Å². The van der Waals surface area contributed by atoms with Crippen molar-refractivity contribution in [1.29, 1.82) is 5.26 Å². The molecule has 2 amide bonds. The molecule has 0 aliphatic carbocycles. The molecule has 6 nitrogen and oxygen atoms in total. The highest BCUT2D eigenvalue weighted by molar-refractivity contribution is 6.03. The Kier molecular flexibility index (Phi) is 6.14. The van der Waals surface area contributed by atoms with Crippen LogP contribution in [0.25, 0.3) is 22.4 Å². The average Bonchev–Trinajstić information content (AvgIpc) is 3.52. The van der Waals surface area contributed by atoms with Crippen LogP contribution in [0.2, 0.25) is 0 Å². The number of urea groups is 1. The van der Waals surface area contributed by atoms with Gasteiger partial charge < -0.3 is 14.3 Å². The van der Waals surface area contributed by atoms with Crippen LogP contribution in [-0.2, 0) is 6.54 Å². The summed E-state index contributed by atoms with van der Waals surface area (Å²) in [6, 6.07) is 34.4. The first-order valence-corrected chi connectivity index (χ1v) is 11.2. The maximum atomic E-state index is 13.0. The van der Waals surface area contributed by atoms with E-state index in [4.69, 9.17) is 4.42 Å². The number of anilines is 2. The second kappa shape index (κ2) is 9.86. The molecule has 3 aromatic carbocycles. The van der Waals surface area contributed by atoms with Gasteiger partial charge in [-0.15, -0.1) is 0 Å². The van der Waals surface area contributed by atoms with Crippen molar-refractivity contribution < 1.29 is 9.21 Å². The maximum Gasteiger partial charge on any atom is 0.324 e. The van der Waals surface area contributed by atoms with E-state index >= 15 is 0 Å². The SMILES string of the molecule is N#Cc1c(-c2ccccc2)c(-c2ccccc2)n(Cc2ccco2)c1NC(=O)Nc1ccccc1. The number of carbonyl (C=O) groups excluding carboxylic acids is 1. The van der Waals surface area contributed by atoms with Crippen LogP contribution < -0.4 is 10.6 Å². The Bertz CT molecular complexity index is 1470. The topological polar surface area (TPSA) is 83.0 Å². The zero-order valence-corrected chi connectivity index (χ0v) is 18.8. The summed E-state index contributed by atoms with van der Waals surface area (Å²) >= 11 is 0. The molecule has 0 unspecified atom stereocenters. The third kappa shape index (κ3) is 4.56. The zero-order valence-electron chi connectivity index (χ0n) is 18.8. The lowest BCUT2D eigenvalue weighted by molar-refractivity contribution is 0.262. The van der Waals surface area contributed by atoms with Crippen molar-refractivity contribution in [2.24, 2.45) is 0 Å². The van der Waals surface area contributed by atoms with Gasteiger partial charge in [-0.2, -0.15) is 5.26 Å². The van der Waals surface area contributed by atoms with Gasteiger partial charge in [0.1, 0.15) is 23.2 Å². The quantitative estimate of drug-likeness (QED) is 0.288. The molecular weight excluding hydrogens is 436 g/mol. The molecule has 0 aliphatic heterocycles. The minimum Gasteiger partial charge on any atom is -0.467 e. The lowest BCUT2D eigenvalue weighted by atomic mass is 9.98. The van der Waals surface area contributed by atoms with Crippen molar-refractivity contribution in [2.45, 2.75) is 6.54 Å². The highest BCUT2D eigenvalue weighted by Gasteiger charge is 2.27. The highest BCUT2D eigenvalue weighted by atomic mass is 16.3. The van der Waals surface area contributed by atoms with E-state index in [1.54, 1.807) is 18.4 Å². The molecule has 0 saturated carbocycles. The number of rotatable bonds is 6. The zero-order chi connectivity index (χ0) is 24.0. The van der Waals surface area contributed by atoms with Gasteiger partial charge in [0.15, 0.2) is 0 Å². The molecule has 0 atom stereocenters. The van der Waals surface area contributed by atoms with Gasteiger partial charge in [0.2, 0.25) is 0 Å². The normalized spacial score (nSPS) is 10.5. The summed E-state index contributed by atoms with van der Waals surface area (Å²) in [6.07, 6.45) is 1.61. The van der Waals surface area contributed by atoms with Crippen LogP contribution in [0.1, 0.15) is 11.3 Å². The molecule has 2 aromatic heterocycles. The van der Waals surface area contributed by atoms with Crippen molar-refractivity contribution in [1.82, 2.24) is 4.57 Å². The summed E-state index contributed by atoms with van der Waals surface area (Å²) in [4.78, 5) is 13.0. The Morgan fingerprint density at radius 3 is 2.03 bits per heavy atom. The van der Waals surface area contributed by atoms with Gasteiger partial charge >= 0.3 is 6.03 Å². The average molecular weight is 459 g/mol. The minimum atomic E-state index is -0.440. The van der Waals surface area contributed by atoms with Crippen molar-refractivity contribution in [2.75, 3.05) is 10.6 Å². The molecule has 5 aromatic rings. The number of nitrogens with zero attached hydrogens (tertiary/aromatic N) is 2. The first-order chi connectivity index (χ1) is 17.2. The van der Waals surface area contributed by atoms with Gasteiger partial charge in [-0.25, -0.2) is 4.79 Å². The molecule has 0 radical (unpaired) electrons. The van der Waals surface area contributed by atoms with Crippen LogP contribution in [0.5, 0.6) is 0 Å². The predicted octanol–water partition coefficient (Wildman–Crippen LogP) is 6.98. The monoisotopic (exact) mass is 458 g/mol. The minimum absolute atomic E-state index is 0.333. The fraction of sp³-hybridized carbons (Fsp3) is 0.0345. The first kappa shape index (κ1) is 21.8. The number of hydrogen-bond donors (Lipinski definition) is 2. The van der Waals surface area contributed by atoms with Gasteiger partial charge in [0.25, 0.3) is 0 Å². The summed E-state index contributed by atoms with van der Waals surface area (Å²) in [5.41, 5.74) is 4.41. The van der Waals surface area contributed by atoms with E-state index in [1.807, 2.05) is 95.6 Å². The molecule has 0 aliphatic rings. The van der Waals surface area contributed by atoms with E-state index in [0.717, 1.165) is 22.4 Å². The molecule has 6 heteroatoms. The Hall–Kier alpha value is -5.02. The second-order valence-electron chi connectivity index (χ2n) is 7.90. The third-order valence-electron chi connectivity index (χ3n) is 5.64. The van der Waals surface area contributed by atoms with Gasteiger partial charge in [0.05, 0.1) is 18.5 Å². The number of furan rings is 1. The summed E-state index contributed by atoms with van der Waals surface area (Å²) in [7, 11) is 0. The largest absolute Gasteiger partial charge is 0.467 e. The van der Waals surface area contributed by atoms with E-state index in [9.17, 15) is 10.1 Å². The van der Waals surface area contributed by atoms with Crippen molar-refractivity contribution in [3.63, 3.8) is 0 Å². The number of hydrogen-bond acceptors (Lipinski definition) is 3. The van der Waals surface area contributed by atoms with Gasteiger partial charge in [-0.3, -0.25) is 5.32 Å². The Morgan fingerprint density at radius 1 is 0.800 bits per heavy atom. The number of carbonyl (C=O) groups is 1. The number of para-hydroxylation sites is 1. The molecule has 170 valence electrons. The Labute approximate surface area is 203 Å². The standard InChI is InChI=1S/C29H22N4O2/c30-19-25-26(21-11-4-1-5-12-21)27(22-13-6-2-7-14-22)33(20-24-17-10-18-35-24)28(25)32-29(34)31-23-15-8-3-9-16-23/h1-18H,20H2,(H2,31,32,34). The summed E-state index contributed by atoms with van der Waals surface area (Å²) in [6.45, 7) is 0.333. The first-order valence-electron chi connectivity index (χ1n) is 11.2. The van der Waals surface area contributed by atoms with E-state index in [2.05, 4.69) is 16.7 Å². The van der Waals surface area contributed by atoms with E-state index in [0.29, 0.717) is 29.4 Å². The molecule has 0 spiro atoms. The molecule has 0 saturated heterocycles. The number of aromatic nitrogens is 1. The Balaban J connectivity index is 1.71. The van der Waals surface area contributed by atoms with Crippen molar-refractivity contribution in [3.05, 3.63) is 121 Å². The van der Waals surface area contributed by atoms with Crippen molar-refractivity contribution >= 4 is 17.5 Å². The second-order valence-corrected chi connectivity index (χ2v) is 7.90. The predicted molar refractivity (Wildman–Crippen MR) is 137 cm³/mol. The molecule has 5 rings (SSSR count). The number of nitrogens with one attached hydrogen (secondary N) is 2. The third-order valence-corrected chi connectivity index (χ3v) is 5.64. The smallest absolute Gasteiger partial charge is 0.324 e. The van der Waals surface area contributed by atoms with Crippen molar-refractivity contribution in [3.8, 4) is 28.5 Å². The number of nitriles is 1. The number of benzene rings is 3. The lowest BCUT2D eigenvalue weighted by Crippen LogP contribution is -2.22. The van der Waals surface area contributed by atoms with Crippen LogP contribution in [0, 0.1) is 11.3 Å². The maximum absolute atomic E-state index is 13.0. The molecule has 0 bridgehead atoms. The molecule has 2 heterocycles. The van der Waals surface area contributed by atoms with Crippen LogP contribution in [0.3, 0.4) is 0 Å². The van der Waals surface area contributed by atoms with Crippen LogP contribution in [0.15, 0.2) is 114 Å².